The van der Waals surface area contributed by atoms with Crippen molar-refractivity contribution in [3.63, 3.8) is 0 Å². The molecule has 0 saturated heterocycles. The fourth-order valence-corrected chi connectivity index (χ4v) is 6.00. The summed E-state index contributed by atoms with van der Waals surface area (Å²) in [6.45, 7) is 0.195. The third-order valence-corrected chi connectivity index (χ3v) is 8.47. The SMILES string of the molecule is COc1ccc(CCN2C(=O)c3ccc(Oc4ccc(NC(=O)c5oc(=O)c6ccccc6c5-c5ccccc5)cc4)cc3C2=O)cc1OC. The quantitative estimate of drug-likeness (QED) is 0.151. The minimum atomic E-state index is -0.607. The maximum atomic E-state index is 13.5. The number of nitrogens with one attached hydrogen (secondary N) is 1. The van der Waals surface area contributed by atoms with Crippen LogP contribution in [0.1, 0.15) is 36.8 Å². The molecular weight excluding hydrogens is 636 g/mol. The van der Waals surface area contributed by atoms with Crippen LogP contribution in [0.4, 0.5) is 5.69 Å². The Labute approximate surface area is 286 Å². The van der Waals surface area contributed by atoms with Crippen LogP contribution in [0.25, 0.3) is 21.9 Å². The van der Waals surface area contributed by atoms with Gasteiger partial charge in [-0.25, -0.2) is 4.79 Å². The molecule has 50 heavy (non-hydrogen) atoms. The van der Waals surface area contributed by atoms with Crippen molar-refractivity contribution in [2.24, 2.45) is 0 Å². The van der Waals surface area contributed by atoms with E-state index in [2.05, 4.69) is 5.32 Å². The van der Waals surface area contributed by atoms with Crippen LogP contribution in [0.5, 0.6) is 23.0 Å². The molecule has 248 valence electrons. The van der Waals surface area contributed by atoms with Gasteiger partial charge in [-0.05, 0) is 78.2 Å². The van der Waals surface area contributed by atoms with Gasteiger partial charge in [0.05, 0.1) is 30.7 Å². The van der Waals surface area contributed by atoms with E-state index in [0.717, 1.165) is 11.1 Å². The van der Waals surface area contributed by atoms with E-state index in [9.17, 15) is 19.2 Å². The lowest BCUT2D eigenvalue weighted by Gasteiger charge is -2.14. The summed E-state index contributed by atoms with van der Waals surface area (Å²) in [6.07, 6.45) is 0.443. The van der Waals surface area contributed by atoms with Crippen molar-refractivity contribution < 1.29 is 33.0 Å². The maximum absolute atomic E-state index is 13.5. The number of benzene rings is 5. The van der Waals surface area contributed by atoms with E-state index < -0.39 is 17.4 Å². The highest BCUT2D eigenvalue weighted by atomic mass is 16.5. The monoisotopic (exact) mass is 666 g/mol. The predicted molar refractivity (Wildman–Crippen MR) is 187 cm³/mol. The summed E-state index contributed by atoms with van der Waals surface area (Å²) in [6, 6.07) is 33.1. The molecular formula is C40H30N2O8. The third-order valence-electron chi connectivity index (χ3n) is 8.47. The molecule has 0 bridgehead atoms. The summed E-state index contributed by atoms with van der Waals surface area (Å²) in [5, 5.41) is 3.80. The Bertz CT molecular complexity index is 2330. The molecule has 7 rings (SSSR count). The molecule has 0 radical (unpaired) electrons. The Balaban J connectivity index is 1.05. The first-order valence-corrected chi connectivity index (χ1v) is 15.8. The first kappa shape index (κ1) is 31.9. The van der Waals surface area contributed by atoms with Gasteiger partial charge >= 0.3 is 5.63 Å². The second kappa shape index (κ2) is 13.4. The molecule has 10 nitrogen and oxygen atoms in total. The van der Waals surface area contributed by atoms with Gasteiger partial charge in [0.2, 0.25) is 5.76 Å². The average Bonchev–Trinajstić information content (AvgIpc) is 3.38. The molecule has 0 unspecified atom stereocenters. The fourth-order valence-electron chi connectivity index (χ4n) is 6.00. The molecule has 0 saturated carbocycles. The van der Waals surface area contributed by atoms with Crippen LogP contribution in [0.2, 0.25) is 0 Å². The Morgan fingerprint density at radius 3 is 2.12 bits per heavy atom. The van der Waals surface area contributed by atoms with Crippen molar-refractivity contribution in [1.82, 2.24) is 4.90 Å². The molecule has 1 aliphatic heterocycles. The van der Waals surface area contributed by atoms with E-state index >= 15 is 0 Å². The number of hydrogen-bond donors (Lipinski definition) is 1. The van der Waals surface area contributed by atoms with Crippen LogP contribution in [-0.4, -0.2) is 43.4 Å². The van der Waals surface area contributed by atoms with E-state index in [1.54, 1.807) is 87.0 Å². The van der Waals surface area contributed by atoms with E-state index in [0.29, 0.717) is 57.0 Å². The van der Waals surface area contributed by atoms with Gasteiger partial charge in [-0.15, -0.1) is 0 Å². The number of methoxy groups -OCH3 is 2. The number of anilines is 1. The molecule has 0 atom stereocenters. The number of carbonyl (C=O) groups is 3. The standard InChI is InChI=1S/C40H30N2O8/c1-47-33-19-12-24(22-34(33)48-2)20-21-42-38(44)30-18-17-28(23-32(30)39(42)45)49-27-15-13-26(14-16-27)41-37(43)36-35(25-8-4-3-5-9-25)29-10-6-7-11-31(29)40(46)50-36/h3-19,22-23H,20-21H2,1-2H3,(H,41,43). The van der Waals surface area contributed by atoms with Crippen LogP contribution in [0, 0.1) is 0 Å². The van der Waals surface area contributed by atoms with Gasteiger partial charge in [-0.1, -0.05) is 54.6 Å². The van der Waals surface area contributed by atoms with E-state index in [1.807, 2.05) is 42.5 Å². The zero-order valence-corrected chi connectivity index (χ0v) is 27.1. The minimum absolute atomic E-state index is 0.102. The number of hydrogen-bond acceptors (Lipinski definition) is 8. The van der Waals surface area contributed by atoms with E-state index in [-0.39, 0.29) is 23.8 Å². The highest BCUT2D eigenvalue weighted by Crippen LogP contribution is 2.33. The van der Waals surface area contributed by atoms with Crippen LogP contribution >= 0.6 is 0 Å². The number of ether oxygens (including phenoxy) is 3. The van der Waals surface area contributed by atoms with Crippen molar-refractivity contribution in [3.05, 3.63) is 148 Å². The van der Waals surface area contributed by atoms with Gasteiger partial charge < -0.3 is 23.9 Å². The maximum Gasteiger partial charge on any atom is 0.344 e. The van der Waals surface area contributed by atoms with E-state index in [4.69, 9.17) is 18.6 Å². The second-order valence-electron chi connectivity index (χ2n) is 11.5. The first-order valence-electron chi connectivity index (χ1n) is 15.8. The number of nitrogens with zero attached hydrogens (tertiary/aromatic N) is 1. The van der Waals surface area contributed by atoms with Gasteiger partial charge in [0.15, 0.2) is 11.5 Å². The average molecular weight is 667 g/mol. The molecule has 0 aliphatic carbocycles. The van der Waals surface area contributed by atoms with Crippen LogP contribution in [0.15, 0.2) is 124 Å². The highest BCUT2D eigenvalue weighted by molar-refractivity contribution is 6.21. The molecule has 1 N–H and O–H groups in total. The summed E-state index contributed by atoms with van der Waals surface area (Å²) in [4.78, 5) is 53.9. The van der Waals surface area contributed by atoms with Crippen molar-refractivity contribution >= 4 is 34.2 Å². The topological polar surface area (TPSA) is 124 Å². The largest absolute Gasteiger partial charge is 0.493 e. The third kappa shape index (κ3) is 6.06. The molecule has 0 spiro atoms. The van der Waals surface area contributed by atoms with Gasteiger partial charge in [-0.2, -0.15) is 0 Å². The van der Waals surface area contributed by atoms with Crippen LogP contribution in [-0.2, 0) is 6.42 Å². The second-order valence-corrected chi connectivity index (χ2v) is 11.5. The van der Waals surface area contributed by atoms with Gasteiger partial charge in [0.1, 0.15) is 11.5 Å². The van der Waals surface area contributed by atoms with Crippen LogP contribution < -0.4 is 25.2 Å². The zero-order chi connectivity index (χ0) is 34.8. The molecule has 0 fully saturated rings. The molecule has 6 aromatic rings. The fraction of sp³-hybridized carbons (Fsp3) is 0.100. The summed E-state index contributed by atoms with van der Waals surface area (Å²) < 4.78 is 22.2. The summed E-state index contributed by atoms with van der Waals surface area (Å²) in [5.41, 5.74) is 2.54. The minimum Gasteiger partial charge on any atom is -0.493 e. The highest BCUT2D eigenvalue weighted by Gasteiger charge is 2.35. The summed E-state index contributed by atoms with van der Waals surface area (Å²) in [5.74, 6) is 0.519. The van der Waals surface area contributed by atoms with Crippen molar-refractivity contribution in [3.8, 4) is 34.1 Å². The molecule has 10 heteroatoms. The zero-order valence-electron chi connectivity index (χ0n) is 27.1. The summed E-state index contributed by atoms with van der Waals surface area (Å²) in [7, 11) is 3.11. The normalized spacial score (nSPS) is 12.2. The Morgan fingerprint density at radius 1 is 0.700 bits per heavy atom. The summed E-state index contributed by atoms with van der Waals surface area (Å²) >= 11 is 0. The number of imide groups is 1. The van der Waals surface area contributed by atoms with Gasteiger partial charge in [-0.3, -0.25) is 19.3 Å². The number of rotatable bonds is 10. The molecule has 1 aliphatic rings. The molecule has 1 aromatic heterocycles. The lowest BCUT2D eigenvalue weighted by Crippen LogP contribution is -2.31. The Kier molecular flexibility index (Phi) is 8.57. The molecule has 2 heterocycles. The van der Waals surface area contributed by atoms with Gasteiger partial charge in [0, 0.05) is 23.2 Å². The van der Waals surface area contributed by atoms with Crippen molar-refractivity contribution in [2.45, 2.75) is 6.42 Å². The number of carbonyl (C=O) groups excluding carboxylic acids is 3. The van der Waals surface area contributed by atoms with Crippen molar-refractivity contribution in [1.29, 1.82) is 0 Å². The number of fused-ring (bicyclic) bond motifs is 2. The Morgan fingerprint density at radius 2 is 1.38 bits per heavy atom. The lowest BCUT2D eigenvalue weighted by atomic mass is 9.98. The Hall–Kier alpha value is -6.68. The molecule has 5 aromatic carbocycles. The van der Waals surface area contributed by atoms with Gasteiger partial charge in [0.25, 0.3) is 17.7 Å². The smallest absolute Gasteiger partial charge is 0.344 e. The lowest BCUT2D eigenvalue weighted by molar-refractivity contribution is 0.0655. The van der Waals surface area contributed by atoms with E-state index in [1.165, 1.54) is 4.90 Å². The van der Waals surface area contributed by atoms with Crippen LogP contribution in [0.3, 0.4) is 0 Å². The predicted octanol–water partition coefficient (Wildman–Crippen LogP) is 7.36. The number of amides is 3. The van der Waals surface area contributed by atoms with Crippen molar-refractivity contribution in [2.75, 3.05) is 26.1 Å². The first-order chi connectivity index (χ1) is 24.3. The molecule has 3 amide bonds.